The van der Waals surface area contributed by atoms with Crippen molar-refractivity contribution in [2.24, 2.45) is 5.92 Å². The van der Waals surface area contributed by atoms with Crippen molar-refractivity contribution in [3.8, 4) is 17.2 Å². The van der Waals surface area contributed by atoms with Gasteiger partial charge < -0.3 is 16.0 Å². The number of nitrogens with zero attached hydrogens (tertiary/aromatic N) is 4. The molecule has 29 heavy (non-hydrogen) atoms. The van der Waals surface area contributed by atoms with E-state index in [1.807, 2.05) is 30.6 Å². The fraction of sp³-hybridized carbons (Fsp3) is 0.273. The van der Waals surface area contributed by atoms with Gasteiger partial charge in [0, 0.05) is 35.8 Å². The van der Waals surface area contributed by atoms with Crippen LogP contribution in [0.15, 0.2) is 55.0 Å². The number of anilines is 3. The number of aromatic nitrogens is 3. The third kappa shape index (κ3) is 4.86. The molecule has 0 saturated carbocycles. The molecule has 3 N–H and O–H groups in total. The molecular formula is C22H23N7. The first kappa shape index (κ1) is 18.8. The standard InChI is InChI=1S/C22H23N7/c23-11-18-5-6-19(15-25-18)29-22-27-13-17(14-28-22)20-3-1-2-4-21(20)26-12-16-7-9-24-10-8-16/h1-6,13-16,24,26H,7-10,12H2,(H,27,28,29). The van der Waals surface area contributed by atoms with Gasteiger partial charge in [0.05, 0.1) is 11.9 Å². The van der Waals surface area contributed by atoms with Crippen molar-refractivity contribution in [3.05, 3.63) is 60.7 Å². The van der Waals surface area contributed by atoms with Crippen LogP contribution in [0.1, 0.15) is 18.5 Å². The second-order valence-electron chi connectivity index (χ2n) is 7.08. The maximum atomic E-state index is 8.83. The van der Waals surface area contributed by atoms with Crippen LogP contribution in [-0.2, 0) is 0 Å². The number of nitriles is 1. The average molecular weight is 385 g/mol. The van der Waals surface area contributed by atoms with Gasteiger partial charge in [-0.2, -0.15) is 5.26 Å². The summed E-state index contributed by atoms with van der Waals surface area (Å²) in [5.74, 6) is 1.19. The summed E-state index contributed by atoms with van der Waals surface area (Å²) in [5.41, 5.74) is 4.27. The van der Waals surface area contributed by atoms with E-state index in [1.165, 1.54) is 12.8 Å². The minimum absolute atomic E-state index is 0.375. The molecule has 3 heterocycles. The van der Waals surface area contributed by atoms with Crippen molar-refractivity contribution < 1.29 is 0 Å². The summed E-state index contributed by atoms with van der Waals surface area (Å²) in [5, 5.41) is 19.0. The lowest BCUT2D eigenvalue weighted by Crippen LogP contribution is -2.31. The lowest BCUT2D eigenvalue weighted by atomic mass is 9.97. The summed E-state index contributed by atoms with van der Waals surface area (Å²) < 4.78 is 0. The molecule has 1 aliphatic rings. The Kier molecular flexibility index (Phi) is 5.93. The molecule has 0 atom stereocenters. The largest absolute Gasteiger partial charge is 0.384 e. The Morgan fingerprint density at radius 3 is 2.52 bits per heavy atom. The number of hydrogen-bond donors (Lipinski definition) is 3. The molecule has 0 aliphatic carbocycles. The predicted molar refractivity (Wildman–Crippen MR) is 114 cm³/mol. The monoisotopic (exact) mass is 385 g/mol. The number of piperidine rings is 1. The molecule has 1 saturated heterocycles. The smallest absolute Gasteiger partial charge is 0.227 e. The van der Waals surface area contributed by atoms with Crippen molar-refractivity contribution in [1.29, 1.82) is 5.26 Å². The number of rotatable bonds is 6. The molecule has 2 aromatic heterocycles. The van der Waals surface area contributed by atoms with Crippen LogP contribution in [0.3, 0.4) is 0 Å². The zero-order valence-electron chi connectivity index (χ0n) is 16.1. The molecule has 0 amide bonds. The lowest BCUT2D eigenvalue weighted by molar-refractivity contribution is 0.390. The first-order chi connectivity index (χ1) is 14.3. The maximum Gasteiger partial charge on any atom is 0.227 e. The Labute approximate surface area is 170 Å². The molecule has 7 heteroatoms. The van der Waals surface area contributed by atoms with Gasteiger partial charge in [0.1, 0.15) is 11.8 Å². The Balaban J connectivity index is 1.45. The van der Waals surface area contributed by atoms with E-state index in [0.29, 0.717) is 17.6 Å². The molecule has 0 bridgehead atoms. The normalized spacial score (nSPS) is 14.2. The van der Waals surface area contributed by atoms with Gasteiger partial charge in [0.25, 0.3) is 0 Å². The zero-order chi connectivity index (χ0) is 19.9. The highest BCUT2D eigenvalue weighted by atomic mass is 15.1. The average Bonchev–Trinajstić information content (AvgIpc) is 2.80. The van der Waals surface area contributed by atoms with Gasteiger partial charge in [-0.15, -0.1) is 0 Å². The van der Waals surface area contributed by atoms with Crippen LogP contribution in [0, 0.1) is 17.2 Å². The molecule has 0 unspecified atom stereocenters. The predicted octanol–water partition coefficient (Wildman–Crippen LogP) is 3.57. The first-order valence-electron chi connectivity index (χ1n) is 9.81. The molecule has 3 aromatic rings. The molecule has 1 aromatic carbocycles. The van der Waals surface area contributed by atoms with Crippen LogP contribution in [0.5, 0.6) is 0 Å². The second-order valence-corrected chi connectivity index (χ2v) is 7.08. The minimum atomic E-state index is 0.375. The number of para-hydroxylation sites is 1. The van der Waals surface area contributed by atoms with E-state index < -0.39 is 0 Å². The number of nitrogens with one attached hydrogen (secondary N) is 3. The van der Waals surface area contributed by atoms with Crippen LogP contribution < -0.4 is 16.0 Å². The molecule has 7 nitrogen and oxygen atoms in total. The number of hydrogen-bond acceptors (Lipinski definition) is 7. The number of benzene rings is 1. The Hall–Kier alpha value is -3.50. The Morgan fingerprint density at radius 2 is 1.79 bits per heavy atom. The van der Waals surface area contributed by atoms with Gasteiger partial charge >= 0.3 is 0 Å². The van der Waals surface area contributed by atoms with Crippen molar-refractivity contribution in [3.63, 3.8) is 0 Å². The van der Waals surface area contributed by atoms with Crippen LogP contribution in [0.2, 0.25) is 0 Å². The summed E-state index contributed by atoms with van der Waals surface area (Å²) in [6.45, 7) is 3.18. The zero-order valence-corrected chi connectivity index (χ0v) is 16.1. The molecule has 1 aliphatic heterocycles. The summed E-state index contributed by atoms with van der Waals surface area (Å²) in [7, 11) is 0. The van der Waals surface area contributed by atoms with Gasteiger partial charge in [-0.1, -0.05) is 18.2 Å². The molecular weight excluding hydrogens is 362 g/mol. The molecule has 0 radical (unpaired) electrons. The van der Waals surface area contributed by atoms with Crippen molar-refractivity contribution >= 4 is 17.3 Å². The van der Waals surface area contributed by atoms with Gasteiger partial charge in [-0.05, 0) is 50.0 Å². The Morgan fingerprint density at radius 1 is 1.00 bits per heavy atom. The highest BCUT2D eigenvalue weighted by molar-refractivity contribution is 5.77. The van der Waals surface area contributed by atoms with Gasteiger partial charge in [-0.3, -0.25) is 0 Å². The SMILES string of the molecule is N#Cc1ccc(Nc2ncc(-c3ccccc3NCC3CCNCC3)cn2)cn1. The summed E-state index contributed by atoms with van der Waals surface area (Å²) in [6.07, 6.45) is 7.65. The fourth-order valence-corrected chi connectivity index (χ4v) is 3.42. The maximum absolute atomic E-state index is 8.83. The van der Waals surface area contributed by atoms with E-state index in [9.17, 15) is 0 Å². The van der Waals surface area contributed by atoms with E-state index in [4.69, 9.17) is 5.26 Å². The first-order valence-corrected chi connectivity index (χ1v) is 9.81. The van der Waals surface area contributed by atoms with E-state index in [1.54, 1.807) is 18.3 Å². The minimum Gasteiger partial charge on any atom is -0.384 e. The summed E-state index contributed by atoms with van der Waals surface area (Å²) in [4.78, 5) is 12.9. The van der Waals surface area contributed by atoms with Crippen LogP contribution in [0.4, 0.5) is 17.3 Å². The highest BCUT2D eigenvalue weighted by Crippen LogP contribution is 2.28. The molecule has 4 rings (SSSR count). The van der Waals surface area contributed by atoms with Crippen LogP contribution in [-0.4, -0.2) is 34.6 Å². The topological polar surface area (TPSA) is 98.5 Å². The van der Waals surface area contributed by atoms with Gasteiger partial charge in [0.2, 0.25) is 5.95 Å². The summed E-state index contributed by atoms with van der Waals surface area (Å²) >= 11 is 0. The van der Waals surface area contributed by atoms with Crippen LogP contribution >= 0.6 is 0 Å². The third-order valence-electron chi connectivity index (χ3n) is 5.06. The molecule has 1 fully saturated rings. The van der Waals surface area contributed by atoms with E-state index in [2.05, 4.69) is 43.0 Å². The quantitative estimate of drug-likeness (QED) is 0.597. The second kappa shape index (κ2) is 9.13. The van der Waals surface area contributed by atoms with E-state index in [0.717, 1.165) is 42.1 Å². The van der Waals surface area contributed by atoms with E-state index >= 15 is 0 Å². The molecule has 146 valence electrons. The van der Waals surface area contributed by atoms with E-state index in [-0.39, 0.29) is 0 Å². The number of pyridine rings is 1. The van der Waals surface area contributed by atoms with Crippen molar-refractivity contribution in [2.75, 3.05) is 30.3 Å². The fourth-order valence-electron chi connectivity index (χ4n) is 3.42. The van der Waals surface area contributed by atoms with Crippen molar-refractivity contribution in [2.45, 2.75) is 12.8 Å². The van der Waals surface area contributed by atoms with Gasteiger partial charge in [0.15, 0.2) is 0 Å². The third-order valence-corrected chi connectivity index (χ3v) is 5.06. The lowest BCUT2D eigenvalue weighted by Gasteiger charge is -2.24. The van der Waals surface area contributed by atoms with Gasteiger partial charge in [-0.25, -0.2) is 15.0 Å². The summed E-state index contributed by atoms with van der Waals surface area (Å²) in [6, 6.07) is 13.7. The Bertz CT molecular complexity index is 971. The van der Waals surface area contributed by atoms with Crippen LogP contribution in [0.25, 0.3) is 11.1 Å². The molecule has 0 spiro atoms. The van der Waals surface area contributed by atoms with Crippen molar-refractivity contribution in [1.82, 2.24) is 20.3 Å². The highest BCUT2D eigenvalue weighted by Gasteiger charge is 2.13.